The van der Waals surface area contributed by atoms with Crippen LogP contribution in [0.4, 0.5) is 13.2 Å². The summed E-state index contributed by atoms with van der Waals surface area (Å²) in [6.07, 6.45) is -4.58. The first-order valence-corrected chi connectivity index (χ1v) is 6.95. The predicted molar refractivity (Wildman–Crippen MR) is 81.6 cm³/mol. The van der Waals surface area contributed by atoms with E-state index in [1.54, 1.807) is 13.0 Å². The van der Waals surface area contributed by atoms with Gasteiger partial charge in [-0.1, -0.05) is 24.3 Å². The Kier molecular flexibility index (Phi) is 4.41. The summed E-state index contributed by atoms with van der Waals surface area (Å²) in [4.78, 5) is 22.7. The van der Waals surface area contributed by atoms with Crippen LogP contribution in [0.1, 0.15) is 45.7 Å². The number of hydrogen-bond donors (Lipinski definition) is 0. The molecule has 5 heteroatoms. The largest absolute Gasteiger partial charge is 0.417 e. The highest BCUT2D eigenvalue weighted by Crippen LogP contribution is 2.39. The van der Waals surface area contributed by atoms with Gasteiger partial charge in [-0.05, 0) is 49.6 Å². The van der Waals surface area contributed by atoms with Crippen molar-refractivity contribution in [3.05, 3.63) is 58.7 Å². The number of halogens is 3. The molecule has 0 aliphatic carbocycles. The van der Waals surface area contributed by atoms with Crippen molar-refractivity contribution >= 4 is 11.6 Å². The summed E-state index contributed by atoms with van der Waals surface area (Å²) in [5.41, 5.74) is 0.550. The van der Waals surface area contributed by atoms with E-state index in [0.29, 0.717) is 16.7 Å². The molecule has 0 aliphatic heterocycles. The molecule has 0 spiro atoms. The fourth-order valence-electron chi connectivity index (χ4n) is 2.42. The van der Waals surface area contributed by atoms with Crippen molar-refractivity contribution in [2.24, 2.45) is 0 Å². The van der Waals surface area contributed by atoms with E-state index in [2.05, 4.69) is 0 Å². The van der Waals surface area contributed by atoms with Crippen molar-refractivity contribution in [1.82, 2.24) is 0 Å². The minimum atomic E-state index is -4.58. The molecule has 0 fully saturated rings. The first kappa shape index (κ1) is 16.9. The molecule has 0 unspecified atom stereocenters. The lowest BCUT2D eigenvalue weighted by Gasteiger charge is -2.16. The van der Waals surface area contributed by atoms with Crippen LogP contribution in [0.2, 0.25) is 0 Å². The summed E-state index contributed by atoms with van der Waals surface area (Å²) < 4.78 is 40.1. The van der Waals surface area contributed by atoms with Crippen molar-refractivity contribution in [3.8, 4) is 11.1 Å². The number of alkyl halides is 3. The van der Waals surface area contributed by atoms with Crippen LogP contribution in [-0.4, -0.2) is 11.6 Å². The third-order valence-electron chi connectivity index (χ3n) is 3.65. The van der Waals surface area contributed by atoms with Crippen LogP contribution in [0, 0.1) is 6.92 Å². The third-order valence-corrected chi connectivity index (χ3v) is 3.65. The lowest BCUT2D eigenvalue weighted by atomic mass is 9.92. The molecule has 120 valence electrons. The molecule has 0 N–H and O–H groups in total. The number of hydrogen-bond acceptors (Lipinski definition) is 2. The number of carbonyl (C=O) groups is 2. The first-order chi connectivity index (χ1) is 10.6. The van der Waals surface area contributed by atoms with E-state index in [9.17, 15) is 22.8 Å². The van der Waals surface area contributed by atoms with Crippen molar-refractivity contribution in [3.63, 3.8) is 0 Å². The second-order valence-electron chi connectivity index (χ2n) is 5.40. The Hall–Kier alpha value is -2.43. The molecule has 0 radical (unpaired) electrons. The highest BCUT2D eigenvalue weighted by atomic mass is 19.4. The van der Waals surface area contributed by atoms with Crippen LogP contribution in [0.15, 0.2) is 36.4 Å². The maximum absolute atomic E-state index is 13.4. The Morgan fingerprint density at radius 1 is 0.826 bits per heavy atom. The van der Waals surface area contributed by atoms with Crippen LogP contribution in [0.5, 0.6) is 0 Å². The van der Waals surface area contributed by atoms with Crippen molar-refractivity contribution < 1.29 is 22.8 Å². The van der Waals surface area contributed by atoms with Gasteiger partial charge in [0.1, 0.15) is 0 Å². The van der Waals surface area contributed by atoms with Gasteiger partial charge >= 0.3 is 6.18 Å². The van der Waals surface area contributed by atoms with Crippen molar-refractivity contribution in [2.45, 2.75) is 26.9 Å². The monoisotopic (exact) mass is 320 g/mol. The average molecular weight is 320 g/mol. The van der Waals surface area contributed by atoms with E-state index in [1.807, 2.05) is 0 Å². The van der Waals surface area contributed by atoms with Gasteiger partial charge in [0.2, 0.25) is 0 Å². The molecule has 0 aliphatic rings. The number of aryl methyl sites for hydroxylation is 1. The third kappa shape index (κ3) is 3.50. The van der Waals surface area contributed by atoms with Gasteiger partial charge in [0, 0.05) is 11.1 Å². The van der Waals surface area contributed by atoms with Crippen LogP contribution in [0.3, 0.4) is 0 Å². The minimum absolute atomic E-state index is 0.00454. The molecule has 2 aromatic rings. The molecule has 0 saturated carbocycles. The van der Waals surface area contributed by atoms with E-state index in [0.717, 1.165) is 6.07 Å². The Labute approximate surface area is 131 Å². The molecule has 0 bridgehead atoms. The zero-order chi connectivity index (χ0) is 17.4. The van der Waals surface area contributed by atoms with E-state index >= 15 is 0 Å². The Morgan fingerprint density at radius 2 is 1.30 bits per heavy atom. The van der Waals surface area contributed by atoms with Crippen LogP contribution in [-0.2, 0) is 6.18 Å². The number of benzene rings is 2. The van der Waals surface area contributed by atoms with Crippen molar-refractivity contribution in [1.29, 1.82) is 0 Å². The van der Waals surface area contributed by atoms with Crippen molar-refractivity contribution in [2.75, 3.05) is 0 Å². The number of ketones is 2. The summed E-state index contributed by atoms with van der Waals surface area (Å²) in [7, 11) is 0. The lowest BCUT2D eigenvalue weighted by molar-refractivity contribution is -0.137. The molecule has 0 atom stereocenters. The normalized spacial score (nSPS) is 11.4. The highest BCUT2D eigenvalue weighted by molar-refractivity contribution is 5.96. The van der Waals surface area contributed by atoms with Gasteiger partial charge in [-0.25, -0.2) is 0 Å². The Bertz CT molecular complexity index is 789. The minimum Gasteiger partial charge on any atom is -0.295 e. The fourth-order valence-corrected chi connectivity index (χ4v) is 2.42. The second kappa shape index (κ2) is 5.99. The molecule has 0 heterocycles. The zero-order valence-electron chi connectivity index (χ0n) is 12.9. The van der Waals surface area contributed by atoms with E-state index in [1.165, 1.54) is 38.1 Å². The standard InChI is InChI=1S/C18H15F3O2/c1-10-8-13(11(2)22)4-6-15(10)16-7-5-14(12(3)23)9-17(16)18(19,20)21/h4-9H,1-3H3. The van der Waals surface area contributed by atoms with Gasteiger partial charge in [-0.2, -0.15) is 13.2 Å². The topological polar surface area (TPSA) is 34.1 Å². The molecule has 0 amide bonds. The van der Waals surface area contributed by atoms with Crippen LogP contribution >= 0.6 is 0 Å². The summed E-state index contributed by atoms with van der Waals surface area (Å²) >= 11 is 0. The van der Waals surface area contributed by atoms with E-state index in [4.69, 9.17) is 0 Å². The predicted octanol–water partition coefficient (Wildman–Crippen LogP) is 5.09. The molecule has 2 nitrogen and oxygen atoms in total. The lowest BCUT2D eigenvalue weighted by Crippen LogP contribution is -2.09. The molecule has 2 rings (SSSR count). The molecule has 0 saturated heterocycles. The molecule has 23 heavy (non-hydrogen) atoms. The van der Waals surface area contributed by atoms with Gasteiger partial charge in [0.05, 0.1) is 5.56 Å². The summed E-state index contributed by atoms with van der Waals surface area (Å²) in [5, 5.41) is 0. The Balaban J connectivity index is 2.68. The van der Waals surface area contributed by atoms with Gasteiger partial charge in [0.25, 0.3) is 0 Å². The maximum Gasteiger partial charge on any atom is 0.417 e. The highest BCUT2D eigenvalue weighted by Gasteiger charge is 2.34. The SMILES string of the molecule is CC(=O)c1ccc(-c2ccc(C(C)=O)cc2C(F)(F)F)c(C)c1. The smallest absolute Gasteiger partial charge is 0.295 e. The summed E-state index contributed by atoms with van der Waals surface area (Å²) in [6.45, 7) is 4.28. The van der Waals surface area contributed by atoms with Gasteiger partial charge in [-0.15, -0.1) is 0 Å². The van der Waals surface area contributed by atoms with Gasteiger partial charge in [0.15, 0.2) is 11.6 Å². The first-order valence-electron chi connectivity index (χ1n) is 6.95. The molecule has 0 aromatic heterocycles. The summed E-state index contributed by atoms with van der Waals surface area (Å²) in [5.74, 6) is -0.576. The molecular formula is C18H15F3O2. The van der Waals surface area contributed by atoms with Gasteiger partial charge < -0.3 is 0 Å². The quantitative estimate of drug-likeness (QED) is 0.739. The maximum atomic E-state index is 13.4. The fraction of sp³-hybridized carbons (Fsp3) is 0.222. The van der Waals surface area contributed by atoms with E-state index < -0.39 is 17.5 Å². The average Bonchev–Trinajstić information content (AvgIpc) is 2.45. The molecular weight excluding hydrogens is 305 g/mol. The zero-order valence-corrected chi connectivity index (χ0v) is 12.9. The van der Waals surface area contributed by atoms with Gasteiger partial charge in [-0.3, -0.25) is 9.59 Å². The van der Waals surface area contributed by atoms with Crippen LogP contribution in [0.25, 0.3) is 11.1 Å². The summed E-state index contributed by atoms with van der Waals surface area (Å²) in [6, 6.07) is 8.13. The molecule has 2 aromatic carbocycles. The Morgan fingerprint density at radius 3 is 1.74 bits per heavy atom. The number of rotatable bonds is 3. The number of Topliss-reactive ketones (excluding diaryl/α,β-unsaturated/α-hetero) is 2. The number of carbonyl (C=O) groups excluding carboxylic acids is 2. The van der Waals surface area contributed by atoms with E-state index in [-0.39, 0.29) is 16.9 Å². The second-order valence-corrected chi connectivity index (χ2v) is 5.40. The van der Waals surface area contributed by atoms with Crippen LogP contribution < -0.4 is 0 Å².